The summed E-state index contributed by atoms with van der Waals surface area (Å²) in [6.45, 7) is 9.62. The van der Waals surface area contributed by atoms with Crippen LogP contribution in [-0.4, -0.2) is 96.7 Å². The average molecular weight is 1440 g/mol. The van der Waals surface area contributed by atoms with Crippen molar-refractivity contribution in [1.82, 2.24) is 0 Å². The fourth-order valence-corrected chi connectivity index (χ4v) is 13.7. The molecule has 0 aliphatic heterocycles. The molecule has 0 amide bonds. The molecule has 0 aromatic heterocycles. The van der Waals surface area contributed by atoms with Crippen LogP contribution in [-0.2, 0) is 65.4 Å². The van der Waals surface area contributed by atoms with Crippen LogP contribution in [0.1, 0.15) is 414 Å². The number of unbranched alkanes of at least 4 members (excludes halogenated alkanes) is 47. The van der Waals surface area contributed by atoms with Crippen molar-refractivity contribution < 1.29 is 80.2 Å². The Bertz CT molecular complexity index is 1890. The molecule has 17 nitrogen and oxygen atoms in total. The lowest BCUT2D eigenvalue weighted by atomic mass is 9.99. The lowest BCUT2D eigenvalue weighted by Crippen LogP contribution is -2.30. The van der Waals surface area contributed by atoms with Gasteiger partial charge in [-0.2, -0.15) is 0 Å². The first-order valence-corrected chi connectivity index (χ1v) is 44.0. The number of aliphatic hydroxyl groups excluding tert-OH is 1. The highest BCUT2D eigenvalue weighted by Crippen LogP contribution is 2.45. The Kier molecular flexibility index (Phi) is 69.3. The Morgan fingerprint density at radius 1 is 0.296 bits per heavy atom. The highest BCUT2D eigenvalue weighted by molar-refractivity contribution is 7.47. The van der Waals surface area contributed by atoms with E-state index in [1.165, 1.54) is 231 Å². The van der Waals surface area contributed by atoms with Gasteiger partial charge in [-0.3, -0.25) is 37.3 Å². The predicted octanol–water partition coefficient (Wildman–Crippen LogP) is 23.5. The van der Waals surface area contributed by atoms with Gasteiger partial charge in [0.05, 0.1) is 26.4 Å². The standard InChI is InChI=1S/C79H154O17P2/c1-7-10-12-14-16-18-20-21-22-23-24-25-26-31-34-38-45-51-57-63-78(83)95-74(67-90-77(82)62-56-50-44-37-33-30-28-27-29-32-35-42-48-54-60-72(6)9-3)69-93-97(85,86)91-65-73(80)66-92-98(87,88)94-70-75(68-89-76(81)61-55-49-43-36-19-17-15-13-11-8-2)96-79(84)64-58-52-46-40-39-41-47-53-59-71(4)5/h71-75,80H,7-70H2,1-6H3,(H,85,86)(H,87,88)/t72?,73-,74-,75-/m1/s1. The summed E-state index contributed by atoms with van der Waals surface area (Å²) in [5.74, 6) is -0.545. The van der Waals surface area contributed by atoms with Crippen molar-refractivity contribution >= 4 is 39.5 Å². The maximum absolute atomic E-state index is 13.1. The fourth-order valence-electron chi connectivity index (χ4n) is 12.2. The maximum atomic E-state index is 13.1. The molecular weight excluding hydrogens is 1280 g/mol. The number of esters is 4. The van der Waals surface area contributed by atoms with Crippen LogP contribution in [0.3, 0.4) is 0 Å². The second-order valence-electron chi connectivity index (χ2n) is 29.2. The maximum Gasteiger partial charge on any atom is 0.472 e. The molecular formula is C79H154O17P2. The first-order chi connectivity index (χ1) is 47.4. The molecule has 3 N–H and O–H groups in total. The smallest absolute Gasteiger partial charge is 0.462 e. The van der Waals surface area contributed by atoms with Crippen molar-refractivity contribution in [2.45, 2.75) is 432 Å². The SMILES string of the molecule is CCCCCCCCCCCCCCCCCCCCCC(=O)O[C@H](COC(=O)CCCCCCCCCCCCCCCCC(C)CC)COP(=O)(O)OC[C@@H](O)COP(=O)(O)OC[C@@H](COC(=O)CCCCCCCCCCCC)OC(=O)CCCCCCCCCCC(C)C. The zero-order valence-corrected chi connectivity index (χ0v) is 65.9. The molecule has 0 fully saturated rings. The van der Waals surface area contributed by atoms with E-state index in [1.807, 2.05) is 0 Å². The number of rotatable bonds is 78. The average Bonchev–Trinajstić information content (AvgIpc) is 1.12. The van der Waals surface area contributed by atoms with Crippen molar-refractivity contribution in [2.24, 2.45) is 11.8 Å². The second kappa shape index (κ2) is 70.7. The number of phosphoric acid groups is 2. The van der Waals surface area contributed by atoms with E-state index in [0.717, 1.165) is 102 Å². The number of ether oxygens (including phenoxy) is 4. The van der Waals surface area contributed by atoms with Gasteiger partial charge in [0.2, 0.25) is 0 Å². The third-order valence-corrected chi connectivity index (χ3v) is 20.7. The molecule has 0 rings (SSSR count). The van der Waals surface area contributed by atoms with Gasteiger partial charge in [0.25, 0.3) is 0 Å². The van der Waals surface area contributed by atoms with Crippen LogP contribution in [0.25, 0.3) is 0 Å². The van der Waals surface area contributed by atoms with Gasteiger partial charge in [0.15, 0.2) is 12.2 Å². The number of carbonyl (C=O) groups is 4. The zero-order valence-electron chi connectivity index (χ0n) is 64.1. The van der Waals surface area contributed by atoms with Crippen LogP contribution in [0.4, 0.5) is 0 Å². The molecule has 0 heterocycles. The van der Waals surface area contributed by atoms with E-state index in [-0.39, 0.29) is 25.7 Å². The molecule has 6 atom stereocenters. The Labute approximate surface area is 600 Å². The van der Waals surface area contributed by atoms with E-state index in [2.05, 4.69) is 41.5 Å². The molecule has 19 heteroatoms. The summed E-state index contributed by atoms with van der Waals surface area (Å²) in [5.41, 5.74) is 0. The first kappa shape index (κ1) is 96.1. The molecule has 0 aromatic rings. The summed E-state index contributed by atoms with van der Waals surface area (Å²) in [7, 11) is -9.91. The minimum atomic E-state index is -4.96. The lowest BCUT2D eigenvalue weighted by molar-refractivity contribution is -0.161. The van der Waals surface area contributed by atoms with Gasteiger partial charge in [-0.1, -0.05) is 363 Å². The Balaban J connectivity index is 5.22. The molecule has 98 heavy (non-hydrogen) atoms. The van der Waals surface area contributed by atoms with E-state index >= 15 is 0 Å². The normalized spacial score (nSPS) is 14.2. The van der Waals surface area contributed by atoms with Gasteiger partial charge >= 0.3 is 39.5 Å². The van der Waals surface area contributed by atoms with Crippen molar-refractivity contribution in [3.05, 3.63) is 0 Å². The van der Waals surface area contributed by atoms with Gasteiger partial charge in [-0.05, 0) is 37.5 Å². The van der Waals surface area contributed by atoms with E-state index in [9.17, 15) is 43.2 Å². The Hall–Kier alpha value is -1.94. The molecule has 0 aromatic carbocycles. The van der Waals surface area contributed by atoms with Gasteiger partial charge in [-0.15, -0.1) is 0 Å². The van der Waals surface area contributed by atoms with Crippen LogP contribution >= 0.6 is 15.6 Å². The van der Waals surface area contributed by atoms with Crippen molar-refractivity contribution in [3.8, 4) is 0 Å². The number of carbonyl (C=O) groups excluding carboxylic acids is 4. The van der Waals surface area contributed by atoms with Crippen LogP contribution in [0.2, 0.25) is 0 Å². The fraction of sp³-hybridized carbons (Fsp3) is 0.949. The van der Waals surface area contributed by atoms with Crippen molar-refractivity contribution in [2.75, 3.05) is 39.6 Å². The molecule has 0 aliphatic carbocycles. The molecule has 0 spiro atoms. The molecule has 582 valence electrons. The Morgan fingerprint density at radius 3 is 0.776 bits per heavy atom. The summed E-state index contributed by atoms with van der Waals surface area (Å²) in [6.07, 6.45) is 59.7. The number of hydrogen-bond acceptors (Lipinski definition) is 15. The molecule has 0 radical (unpaired) electrons. The molecule has 3 unspecified atom stereocenters. The van der Waals surface area contributed by atoms with Crippen LogP contribution < -0.4 is 0 Å². The lowest BCUT2D eigenvalue weighted by Gasteiger charge is -2.21. The van der Waals surface area contributed by atoms with Gasteiger partial charge in [-0.25, -0.2) is 9.13 Å². The summed E-state index contributed by atoms with van der Waals surface area (Å²) >= 11 is 0. The first-order valence-electron chi connectivity index (χ1n) is 41.0. The largest absolute Gasteiger partial charge is 0.472 e. The van der Waals surface area contributed by atoms with E-state index < -0.39 is 97.5 Å². The van der Waals surface area contributed by atoms with E-state index in [1.54, 1.807) is 0 Å². The highest BCUT2D eigenvalue weighted by atomic mass is 31.2. The van der Waals surface area contributed by atoms with Crippen LogP contribution in [0, 0.1) is 11.8 Å². The minimum absolute atomic E-state index is 0.105. The summed E-state index contributed by atoms with van der Waals surface area (Å²) in [4.78, 5) is 72.9. The third-order valence-electron chi connectivity index (χ3n) is 18.8. The third kappa shape index (κ3) is 71.1. The monoisotopic (exact) mass is 1440 g/mol. The number of hydrogen-bond donors (Lipinski definition) is 3. The predicted molar refractivity (Wildman–Crippen MR) is 400 cm³/mol. The van der Waals surface area contributed by atoms with Gasteiger partial charge in [0.1, 0.15) is 19.3 Å². The topological polar surface area (TPSA) is 237 Å². The minimum Gasteiger partial charge on any atom is -0.462 e. The molecule has 0 saturated carbocycles. The summed E-state index contributed by atoms with van der Waals surface area (Å²) in [5, 5.41) is 10.6. The van der Waals surface area contributed by atoms with E-state index in [0.29, 0.717) is 25.7 Å². The summed E-state index contributed by atoms with van der Waals surface area (Å²) in [6, 6.07) is 0. The van der Waals surface area contributed by atoms with Gasteiger partial charge in [0, 0.05) is 25.7 Å². The van der Waals surface area contributed by atoms with Crippen molar-refractivity contribution in [1.29, 1.82) is 0 Å². The molecule has 0 aliphatic rings. The molecule has 0 saturated heterocycles. The highest BCUT2D eigenvalue weighted by Gasteiger charge is 2.30. The van der Waals surface area contributed by atoms with Crippen molar-refractivity contribution in [3.63, 3.8) is 0 Å². The van der Waals surface area contributed by atoms with Crippen LogP contribution in [0.5, 0.6) is 0 Å². The number of aliphatic hydroxyl groups is 1. The van der Waals surface area contributed by atoms with Gasteiger partial charge < -0.3 is 33.8 Å². The zero-order chi connectivity index (χ0) is 72.1. The molecule has 0 bridgehead atoms. The quantitative estimate of drug-likeness (QED) is 0.0222. The number of phosphoric ester groups is 2. The summed E-state index contributed by atoms with van der Waals surface area (Å²) < 4.78 is 68.6. The Morgan fingerprint density at radius 2 is 0.520 bits per heavy atom. The second-order valence-corrected chi connectivity index (χ2v) is 32.1. The van der Waals surface area contributed by atoms with Crippen LogP contribution in [0.15, 0.2) is 0 Å². The van der Waals surface area contributed by atoms with E-state index in [4.69, 9.17) is 37.0 Å².